The molecule has 0 bridgehead atoms. The molecule has 0 aliphatic heterocycles. The lowest BCUT2D eigenvalue weighted by Gasteiger charge is -2.15. The highest BCUT2D eigenvalue weighted by atomic mass is 79.9. The first-order chi connectivity index (χ1) is 16.4. The lowest BCUT2D eigenvalue weighted by molar-refractivity contribution is -0.113. The van der Waals surface area contributed by atoms with Gasteiger partial charge in [0, 0.05) is 15.9 Å². The van der Waals surface area contributed by atoms with Crippen LogP contribution in [0.2, 0.25) is 0 Å². The molecule has 0 saturated heterocycles. The average Bonchev–Trinajstić information content (AvgIpc) is 3.52. The van der Waals surface area contributed by atoms with Crippen LogP contribution in [-0.4, -0.2) is 39.5 Å². The highest BCUT2D eigenvalue weighted by Gasteiger charge is 2.28. The van der Waals surface area contributed by atoms with Crippen LogP contribution in [0.25, 0.3) is 0 Å². The molecule has 1 unspecified atom stereocenters. The van der Waals surface area contributed by atoms with Gasteiger partial charge in [0.2, 0.25) is 5.91 Å². The highest BCUT2D eigenvalue weighted by molar-refractivity contribution is 9.10. The standard InChI is InChI=1S/C23H25BrN4O4S2/c1-4-28-20(13(2)32-15-10-8-14(24)9-11-15)26-27-23(28)33-12-18(29)25-21-19(22(30)31-3)16-6-5-7-17(16)34-21/h8-11,13H,4-7,12H2,1-3H3,(H,25,29). The van der Waals surface area contributed by atoms with Crippen molar-refractivity contribution in [3.8, 4) is 5.75 Å². The van der Waals surface area contributed by atoms with Gasteiger partial charge in [-0.2, -0.15) is 0 Å². The zero-order valence-corrected chi connectivity index (χ0v) is 22.3. The minimum Gasteiger partial charge on any atom is -0.483 e. The third-order valence-corrected chi connectivity index (χ3v) is 8.15. The second kappa shape index (κ2) is 10.9. The number of nitrogens with one attached hydrogen (secondary N) is 1. The second-order valence-electron chi connectivity index (χ2n) is 7.69. The number of ether oxygens (including phenoxy) is 2. The van der Waals surface area contributed by atoms with E-state index in [1.54, 1.807) is 0 Å². The summed E-state index contributed by atoms with van der Waals surface area (Å²) in [5.74, 6) is 0.956. The Kier molecular flexibility index (Phi) is 7.95. The molecule has 1 aliphatic rings. The number of carbonyl (C=O) groups excluding carboxylic acids is 2. The van der Waals surface area contributed by atoms with Gasteiger partial charge in [-0.1, -0.05) is 27.7 Å². The van der Waals surface area contributed by atoms with E-state index in [9.17, 15) is 9.59 Å². The van der Waals surface area contributed by atoms with E-state index in [0.29, 0.717) is 28.1 Å². The molecule has 0 saturated carbocycles. The van der Waals surface area contributed by atoms with Crippen LogP contribution in [0.3, 0.4) is 0 Å². The van der Waals surface area contributed by atoms with E-state index in [1.165, 1.54) is 30.2 Å². The summed E-state index contributed by atoms with van der Waals surface area (Å²) in [6.45, 7) is 4.56. The van der Waals surface area contributed by atoms with Crippen molar-refractivity contribution in [3.63, 3.8) is 0 Å². The smallest absolute Gasteiger partial charge is 0.341 e. The van der Waals surface area contributed by atoms with Gasteiger partial charge in [-0.05, 0) is 62.9 Å². The van der Waals surface area contributed by atoms with Crippen molar-refractivity contribution < 1.29 is 19.1 Å². The van der Waals surface area contributed by atoms with Crippen molar-refractivity contribution in [2.45, 2.75) is 50.9 Å². The second-order valence-corrected chi connectivity index (χ2v) is 10.7. The number of carbonyl (C=O) groups is 2. The minimum absolute atomic E-state index is 0.142. The van der Waals surface area contributed by atoms with Crippen molar-refractivity contribution in [1.82, 2.24) is 14.8 Å². The van der Waals surface area contributed by atoms with Crippen molar-refractivity contribution in [2.24, 2.45) is 0 Å². The number of esters is 1. The number of nitrogens with zero attached hydrogens (tertiary/aromatic N) is 3. The molecule has 34 heavy (non-hydrogen) atoms. The fraction of sp³-hybridized carbons (Fsp3) is 0.391. The van der Waals surface area contributed by atoms with E-state index in [4.69, 9.17) is 9.47 Å². The number of amides is 1. The van der Waals surface area contributed by atoms with Crippen LogP contribution in [-0.2, 0) is 28.9 Å². The molecule has 11 heteroatoms. The van der Waals surface area contributed by atoms with Crippen molar-refractivity contribution in [1.29, 1.82) is 0 Å². The van der Waals surface area contributed by atoms with Gasteiger partial charge < -0.3 is 19.4 Å². The SMILES string of the molecule is CCn1c(SCC(=O)Nc2sc3c(c2C(=O)OC)CCC3)nnc1C(C)Oc1ccc(Br)cc1. The molecule has 4 rings (SSSR count). The number of hydrogen-bond acceptors (Lipinski definition) is 8. The molecule has 8 nitrogen and oxygen atoms in total. The fourth-order valence-corrected chi connectivity index (χ4v) is 6.25. The zero-order valence-electron chi connectivity index (χ0n) is 19.1. The summed E-state index contributed by atoms with van der Waals surface area (Å²) in [5.41, 5.74) is 1.51. The quantitative estimate of drug-likeness (QED) is 0.279. The molecule has 1 aliphatic carbocycles. The average molecular weight is 566 g/mol. The molecule has 0 spiro atoms. The predicted molar refractivity (Wildman–Crippen MR) is 136 cm³/mol. The van der Waals surface area contributed by atoms with Gasteiger partial charge in [0.1, 0.15) is 10.8 Å². The Labute approximate surface area is 214 Å². The Hall–Kier alpha value is -2.37. The number of thiophene rings is 1. The van der Waals surface area contributed by atoms with E-state index in [0.717, 1.165) is 39.9 Å². The molecule has 2 aromatic heterocycles. The minimum atomic E-state index is -0.405. The molecule has 0 radical (unpaired) electrons. The number of aryl methyl sites for hydroxylation is 1. The Balaban J connectivity index is 1.41. The van der Waals surface area contributed by atoms with E-state index in [2.05, 4.69) is 31.4 Å². The number of benzene rings is 1. The first-order valence-electron chi connectivity index (χ1n) is 10.9. The Morgan fingerprint density at radius 2 is 2.03 bits per heavy atom. The normalized spacial score (nSPS) is 13.4. The summed E-state index contributed by atoms with van der Waals surface area (Å²) in [7, 11) is 1.36. The molecule has 1 aromatic carbocycles. The fourth-order valence-electron chi connectivity index (χ4n) is 3.88. The number of thioether (sulfide) groups is 1. The van der Waals surface area contributed by atoms with Crippen LogP contribution >= 0.6 is 39.0 Å². The maximum absolute atomic E-state index is 12.7. The van der Waals surface area contributed by atoms with Gasteiger partial charge in [-0.25, -0.2) is 4.79 Å². The van der Waals surface area contributed by atoms with E-state index < -0.39 is 5.97 Å². The van der Waals surface area contributed by atoms with Crippen molar-refractivity contribution in [2.75, 3.05) is 18.2 Å². The molecule has 1 atom stereocenters. The maximum Gasteiger partial charge on any atom is 0.341 e. The Morgan fingerprint density at radius 1 is 1.26 bits per heavy atom. The molecular formula is C23H25BrN4O4S2. The van der Waals surface area contributed by atoms with Crippen LogP contribution in [0.15, 0.2) is 33.9 Å². The number of aromatic nitrogens is 3. The number of rotatable bonds is 9. The third-order valence-electron chi connectivity index (χ3n) is 5.45. The van der Waals surface area contributed by atoms with E-state index in [1.807, 2.05) is 42.7 Å². The molecule has 1 N–H and O–H groups in total. The van der Waals surface area contributed by atoms with Gasteiger partial charge in [0.05, 0.1) is 18.4 Å². The summed E-state index contributed by atoms with van der Waals surface area (Å²) in [5, 5.41) is 12.7. The molecule has 1 amide bonds. The van der Waals surface area contributed by atoms with Crippen molar-refractivity contribution >= 4 is 55.9 Å². The number of halogens is 1. The van der Waals surface area contributed by atoms with Gasteiger partial charge in [0.15, 0.2) is 17.1 Å². The van der Waals surface area contributed by atoms with Crippen LogP contribution < -0.4 is 10.1 Å². The molecule has 0 fully saturated rings. The molecular weight excluding hydrogens is 540 g/mol. The number of methoxy groups -OCH3 is 1. The summed E-state index contributed by atoms with van der Waals surface area (Å²) >= 11 is 6.18. The van der Waals surface area contributed by atoms with Crippen molar-refractivity contribution in [3.05, 3.63) is 50.6 Å². The zero-order chi connectivity index (χ0) is 24.2. The topological polar surface area (TPSA) is 95.3 Å². The van der Waals surface area contributed by atoms with E-state index >= 15 is 0 Å². The van der Waals surface area contributed by atoms with Crippen LogP contribution in [0, 0.1) is 0 Å². The summed E-state index contributed by atoms with van der Waals surface area (Å²) in [4.78, 5) is 26.2. The van der Waals surface area contributed by atoms with Crippen LogP contribution in [0.1, 0.15) is 53.0 Å². The predicted octanol–water partition coefficient (Wildman–Crippen LogP) is 5.27. The van der Waals surface area contributed by atoms with Gasteiger partial charge in [0.25, 0.3) is 0 Å². The molecule has 2 heterocycles. The molecule has 180 valence electrons. The number of anilines is 1. The lowest BCUT2D eigenvalue weighted by Crippen LogP contribution is -2.17. The Bertz CT molecular complexity index is 1190. The lowest BCUT2D eigenvalue weighted by atomic mass is 10.1. The largest absolute Gasteiger partial charge is 0.483 e. The Morgan fingerprint density at radius 3 is 2.74 bits per heavy atom. The van der Waals surface area contributed by atoms with Gasteiger partial charge in [-0.15, -0.1) is 21.5 Å². The van der Waals surface area contributed by atoms with E-state index in [-0.39, 0.29) is 17.8 Å². The molecule has 3 aromatic rings. The summed E-state index contributed by atoms with van der Waals surface area (Å²) < 4.78 is 13.9. The maximum atomic E-state index is 12.7. The monoisotopic (exact) mass is 564 g/mol. The van der Waals surface area contributed by atoms with Gasteiger partial charge >= 0.3 is 5.97 Å². The number of fused-ring (bicyclic) bond motifs is 1. The first kappa shape index (κ1) is 24.7. The van der Waals surface area contributed by atoms with Crippen LogP contribution in [0.5, 0.6) is 5.75 Å². The van der Waals surface area contributed by atoms with Crippen LogP contribution in [0.4, 0.5) is 5.00 Å². The summed E-state index contributed by atoms with van der Waals surface area (Å²) in [6.07, 6.45) is 2.48. The van der Waals surface area contributed by atoms with Gasteiger partial charge in [-0.3, -0.25) is 4.79 Å². The first-order valence-corrected chi connectivity index (χ1v) is 13.5. The summed E-state index contributed by atoms with van der Waals surface area (Å²) in [6, 6.07) is 7.60. The highest BCUT2D eigenvalue weighted by Crippen LogP contribution is 2.39. The third kappa shape index (κ3) is 5.31. The number of hydrogen-bond donors (Lipinski definition) is 1.